The molecule has 6 aromatic carbocycles. The van der Waals surface area contributed by atoms with Crippen molar-refractivity contribution in [1.29, 1.82) is 0 Å². The summed E-state index contributed by atoms with van der Waals surface area (Å²) in [6, 6.07) is 45.5. The molecule has 338 valence electrons. The molecule has 0 N–H and O–H groups in total. The van der Waals surface area contributed by atoms with Crippen molar-refractivity contribution in [2.24, 2.45) is 7.05 Å². The Hall–Kier alpha value is -10.0. The van der Waals surface area contributed by atoms with Gasteiger partial charge in [0, 0.05) is 42.7 Å². The number of hydrogen-bond acceptors (Lipinski definition) is 9. The molecule has 0 amide bonds. The van der Waals surface area contributed by atoms with E-state index < -0.39 is 0 Å². The van der Waals surface area contributed by atoms with E-state index in [9.17, 15) is 0 Å². The molecular weight excluding hydrogens is 901 g/mol. The largest absolute Gasteiger partial charge is 0.454 e. The molecule has 0 saturated carbocycles. The minimum atomic E-state index is 0.399. The van der Waals surface area contributed by atoms with Crippen molar-refractivity contribution in [3.05, 3.63) is 163 Å². The summed E-state index contributed by atoms with van der Waals surface area (Å²) in [4.78, 5) is 30.7. The Kier molecular flexibility index (Phi) is 6.56. The summed E-state index contributed by atoms with van der Waals surface area (Å²) in [5.41, 5.74) is 20.3. The molecule has 18 rings (SSSR count). The molecule has 0 aliphatic rings. The molecule has 0 atom stereocenters. The summed E-state index contributed by atoms with van der Waals surface area (Å²) < 4.78 is 33.8. The van der Waals surface area contributed by atoms with Gasteiger partial charge in [0.1, 0.15) is 33.2 Å². The van der Waals surface area contributed by atoms with E-state index in [0.717, 1.165) is 150 Å². The third kappa shape index (κ3) is 4.47. The van der Waals surface area contributed by atoms with Gasteiger partial charge in [-0.25, -0.2) is 15.0 Å². The molecule has 0 aliphatic heterocycles. The summed E-state index contributed by atoms with van der Waals surface area (Å²) in [7, 11) is 2.06. The molecule has 15 heteroatoms. The van der Waals surface area contributed by atoms with E-state index in [1.54, 1.807) is 0 Å². The Labute approximate surface area is 401 Å². The second-order valence-corrected chi connectivity index (χ2v) is 18.8. The van der Waals surface area contributed by atoms with Crippen LogP contribution in [0.15, 0.2) is 165 Å². The predicted octanol–water partition coefficient (Wildman–Crippen LogP) is 12.5. The third-order valence-corrected chi connectivity index (χ3v) is 15.1. The second kappa shape index (κ2) is 12.8. The third-order valence-electron chi connectivity index (χ3n) is 15.1. The van der Waals surface area contributed by atoms with E-state index in [1.165, 1.54) is 0 Å². The van der Waals surface area contributed by atoms with Crippen LogP contribution in [0.25, 0.3) is 150 Å². The van der Waals surface area contributed by atoms with Crippen molar-refractivity contribution in [2.45, 2.75) is 13.1 Å². The Balaban J connectivity index is 0.983. The Morgan fingerprint density at radius 1 is 0.403 bits per heavy atom. The van der Waals surface area contributed by atoms with E-state index in [1.807, 2.05) is 73.2 Å². The lowest BCUT2D eigenvalue weighted by atomic mass is 10.1. The van der Waals surface area contributed by atoms with Gasteiger partial charge in [-0.3, -0.25) is 28.2 Å². The number of para-hydroxylation sites is 6. The fourth-order valence-corrected chi connectivity index (χ4v) is 12.1. The number of pyridine rings is 3. The molecule has 0 spiro atoms. The number of hydrogen-bond donors (Lipinski definition) is 0. The van der Waals surface area contributed by atoms with E-state index in [2.05, 4.69) is 113 Å². The molecule has 0 bridgehead atoms. The Morgan fingerprint density at radius 3 is 1.69 bits per heavy atom. The van der Waals surface area contributed by atoms with Gasteiger partial charge in [0.2, 0.25) is 17.3 Å². The molecule has 0 fully saturated rings. The monoisotopic (exact) mass is 932 g/mol. The zero-order valence-electron chi connectivity index (χ0n) is 37.9. The van der Waals surface area contributed by atoms with Gasteiger partial charge in [-0.2, -0.15) is 0 Å². The zero-order valence-corrected chi connectivity index (χ0v) is 37.9. The predicted molar refractivity (Wildman–Crippen MR) is 279 cm³/mol. The summed E-state index contributed by atoms with van der Waals surface area (Å²) in [6.45, 7) is 0.825. The van der Waals surface area contributed by atoms with Crippen LogP contribution >= 0.6 is 0 Å². The van der Waals surface area contributed by atoms with E-state index >= 15 is 0 Å². The highest BCUT2D eigenvalue weighted by atomic mass is 16.3. The lowest BCUT2D eigenvalue weighted by Crippen LogP contribution is -2.04. The zero-order chi connectivity index (χ0) is 46.7. The number of furan rings is 3. The van der Waals surface area contributed by atoms with E-state index in [0.29, 0.717) is 24.3 Å². The minimum Gasteiger partial charge on any atom is -0.454 e. The summed E-state index contributed by atoms with van der Waals surface area (Å²) in [6.07, 6.45) is 5.49. The molecule has 12 aromatic heterocycles. The van der Waals surface area contributed by atoms with Crippen LogP contribution in [0.5, 0.6) is 0 Å². The lowest BCUT2D eigenvalue weighted by Gasteiger charge is -2.12. The first-order chi connectivity index (χ1) is 35.6. The standard InChI is InChI=1S/C57H32N12O3/c1-64-52-40(68-36-15-6-2-11-32(36)61-55(64)68)23-29(46-49-43(72-54(46)52)19-10-21-59-49)27-66-53-47-45(71-42-18-9-22-60-50(42)47)24-30(51(53)69-37-16-7-4-13-34(37)63-57(66)69)28-65-38-25-31-44(70-41-17-8-20-58-48(31)41)26-39(38)67-35-14-5-3-12-33(35)62-56(65)67/h2-26H,27-28H2,1H3. The van der Waals surface area contributed by atoms with Crippen LogP contribution in [0.1, 0.15) is 11.1 Å². The van der Waals surface area contributed by atoms with Gasteiger partial charge < -0.3 is 27.0 Å². The first kappa shape index (κ1) is 36.9. The number of rotatable bonds is 4. The van der Waals surface area contributed by atoms with Gasteiger partial charge in [0.05, 0.1) is 84.5 Å². The van der Waals surface area contributed by atoms with Crippen LogP contribution in [-0.4, -0.2) is 56.8 Å². The quantitative estimate of drug-likeness (QED) is 0.168. The smallest absolute Gasteiger partial charge is 0.216 e. The van der Waals surface area contributed by atoms with Crippen molar-refractivity contribution in [3.63, 3.8) is 0 Å². The van der Waals surface area contributed by atoms with Gasteiger partial charge in [-0.05, 0) is 96.6 Å². The van der Waals surface area contributed by atoms with Gasteiger partial charge in [-0.1, -0.05) is 36.4 Å². The molecule has 12 heterocycles. The van der Waals surface area contributed by atoms with Gasteiger partial charge in [0.25, 0.3) is 0 Å². The van der Waals surface area contributed by atoms with Gasteiger partial charge >= 0.3 is 0 Å². The first-order valence-electron chi connectivity index (χ1n) is 23.8. The van der Waals surface area contributed by atoms with Crippen LogP contribution in [-0.2, 0) is 20.1 Å². The molecule has 0 saturated heterocycles. The molecule has 72 heavy (non-hydrogen) atoms. The number of aryl methyl sites for hydroxylation is 1. The number of aromatic nitrogens is 12. The maximum absolute atomic E-state index is 6.87. The highest BCUT2D eigenvalue weighted by Crippen LogP contribution is 2.44. The normalized spacial score (nSPS) is 12.9. The molecule has 0 unspecified atom stereocenters. The van der Waals surface area contributed by atoms with E-state index in [4.69, 9.17) is 43.2 Å². The van der Waals surface area contributed by atoms with Crippen LogP contribution < -0.4 is 0 Å². The van der Waals surface area contributed by atoms with Crippen molar-refractivity contribution in [1.82, 2.24) is 56.8 Å². The molecule has 0 radical (unpaired) electrons. The maximum atomic E-state index is 6.87. The van der Waals surface area contributed by atoms with Crippen LogP contribution in [0.4, 0.5) is 0 Å². The first-order valence-corrected chi connectivity index (χ1v) is 23.8. The molecular formula is C57H32N12O3. The van der Waals surface area contributed by atoms with Crippen molar-refractivity contribution in [2.75, 3.05) is 0 Å². The Bertz CT molecular complexity index is 5450. The number of imidazole rings is 6. The second-order valence-electron chi connectivity index (χ2n) is 18.8. The Morgan fingerprint density at radius 2 is 0.972 bits per heavy atom. The lowest BCUT2D eigenvalue weighted by molar-refractivity contribution is 0.667. The van der Waals surface area contributed by atoms with Gasteiger partial charge in [0.15, 0.2) is 22.3 Å². The average molecular weight is 933 g/mol. The number of benzene rings is 6. The minimum absolute atomic E-state index is 0.399. The molecule has 0 aliphatic carbocycles. The van der Waals surface area contributed by atoms with Crippen LogP contribution in [0, 0.1) is 0 Å². The highest BCUT2D eigenvalue weighted by Gasteiger charge is 2.29. The summed E-state index contributed by atoms with van der Waals surface area (Å²) in [5.74, 6) is 2.40. The van der Waals surface area contributed by atoms with Crippen molar-refractivity contribution < 1.29 is 13.3 Å². The summed E-state index contributed by atoms with van der Waals surface area (Å²) >= 11 is 0. The average Bonchev–Trinajstić information content (AvgIpc) is 4.30. The van der Waals surface area contributed by atoms with Crippen molar-refractivity contribution >= 4 is 150 Å². The van der Waals surface area contributed by atoms with Crippen LogP contribution in [0.2, 0.25) is 0 Å². The van der Waals surface area contributed by atoms with E-state index in [-0.39, 0.29) is 0 Å². The van der Waals surface area contributed by atoms with Crippen molar-refractivity contribution in [3.8, 4) is 0 Å². The SMILES string of the molecule is Cn1c2c3oc4cccnc4c3c(Cn3c4c5c(cc(Cn6c7cc8c(cc7n7c9ccccc9nc67)oc6cccnc68)c4n4c6ccccc6nc34)oc3cccnc35)cc2n2c3ccccc3nc12. The topological polar surface area (TPSA) is 145 Å². The maximum Gasteiger partial charge on any atom is 0.216 e. The fourth-order valence-electron chi connectivity index (χ4n) is 12.1. The molecule has 15 nitrogen and oxygen atoms in total. The number of fused-ring (bicyclic) bond motifs is 26. The summed E-state index contributed by atoms with van der Waals surface area (Å²) in [5, 5.41) is 2.78. The fraction of sp³-hybridized carbons (Fsp3) is 0.0526. The highest BCUT2D eigenvalue weighted by molar-refractivity contribution is 6.19. The van der Waals surface area contributed by atoms with Crippen LogP contribution in [0.3, 0.4) is 0 Å². The number of nitrogens with zero attached hydrogens (tertiary/aromatic N) is 12. The van der Waals surface area contributed by atoms with Gasteiger partial charge in [-0.15, -0.1) is 0 Å². The molecule has 18 aromatic rings.